The molecule has 144 valence electrons. The average Bonchev–Trinajstić information content (AvgIpc) is 3.08. The summed E-state index contributed by atoms with van der Waals surface area (Å²) in [6, 6.07) is 8.66. The van der Waals surface area contributed by atoms with E-state index in [-0.39, 0.29) is 24.3 Å². The maximum atomic E-state index is 12.8. The minimum absolute atomic E-state index is 0.00970. The topological polar surface area (TPSA) is 78.4 Å². The largest absolute Gasteiger partial charge is 0.340 e. The lowest BCUT2D eigenvalue weighted by molar-refractivity contribution is -0.129. The molecule has 7 nitrogen and oxygen atoms in total. The monoisotopic (exact) mass is 370 g/mol. The molecule has 0 spiro atoms. The number of aromatic amines is 1. The van der Waals surface area contributed by atoms with Crippen molar-refractivity contribution in [3.05, 3.63) is 68.0 Å². The molecule has 0 aliphatic carbocycles. The predicted octanol–water partition coefficient (Wildman–Crippen LogP) is 0.481. The Morgan fingerprint density at radius 2 is 1.85 bits per heavy atom. The number of aryl methyl sites for hydroxylation is 1. The molecule has 1 aliphatic rings. The van der Waals surface area contributed by atoms with Crippen LogP contribution in [0.5, 0.6) is 0 Å². The number of carbonyl (C=O) groups excluding carboxylic acids is 1. The third kappa shape index (κ3) is 3.88. The Morgan fingerprint density at radius 1 is 1.19 bits per heavy atom. The van der Waals surface area contributed by atoms with Crippen LogP contribution in [0.25, 0.3) is 0 Å². The molecule has 1 saturated heterocycles. The highest BCUT2D eigenvalue weighted by molar-refractivity contribution is 5.79. The minimum atomic E-state index is -0.482. The van der Waals surface area contributed by atoms with Gasteiger partial charge in [-0.25, -0.2) is 4.79 Å². The fourth-order valence-electron chi connectivity index (χ4n) is 3.67. The number of likely N-dealkylation sites (N-methyl/N-ethyl adjacent to an activating group) is 1. The van der Waals surface area contributed by atoms with Gasteiger partial charge in [0.2, 0.25) is 5.91 Å². The maximum absolute atomic E-state index is 12.8. The molecule has 1 amide bonds. The van der Waals surface area contributed by atoms with Crippen molar-refractivity contribution in [1.29, 1.82) is 0 Å². The van der Waals surface area contributed by atoms with Gasteiger partial charge in [0.05, 0.1) is 6.42 Å². The molecule has 2 atom stereocenters. The van der Waals surface area contributed by atoms with Gasteiger partial charge in [-0.2, -0.15) is 0 Å². The summed E-state index contributed by atoms with van der Waals surface area (Å²) in [6.45, 7) is 3.30. The van der Waals surface area contributed by atoms with Crippen LogP contribution in [-0.4, -0.2) is 58.5 Å². The van der Waals surface area contributed by atoms with Crippen molar-refractivity contribution < 1.29 is 4.79 Å². The summed E-state index contributed by atoms with van der Waals surface area (Å²) in [5.41, 5.74) is 1.83. The lowest BCUT2D eigenvalue weighted by atomic mass is 9.93. The summed E-state index contributed by atoms with van der Waals surface area (Å²) in [6.07, 6.45) is 1.34. The van der Waals surface area contributed by atoms with Crippen molar-refractivity contribution >= 4 is 5.91 Å². The first-order valence-corrected chi connectivity index (χ1v) is 9.06. The highest BCUT2D eigenvalue weighted by atomic mass is 16.2. The van der Waals surface area contributed by atoms with Crippen LogP contribution in [0, 0.1) is 6.92 Å². The number of nitrogens with zero attached hydrogens (tertiary/aromatic N) is 3. The van der Waals surface area contributed by atoms with Gasteiger partial charge in [-0.3, -0.25) is 14.2 Å². The van der Waals surface area contributed by atoms with Crippen LogP contribution < -0.4 is 11.2 Å². The Balaban J connectivity index is 1.80. The lowest BCUT2D eigenvalue weighted by Gasteiger charge is -2.25. The SMILES string of the molecule is Cc1ccc([C@@H]2CN(C(=O)Cc3c[nH]c(=O)n(C)c3=O)C[C@H]2N(C)C)cc1. The standard InChI is InChI=1S/C20H26N4O3/c1-13-5-7-14(8-6-13)16-11-24(12-17(16)22(2)3)18(25)9-15-10-21-20(27)23(4)19(15)26/h5-8,10,16-17H,9,11-12H2,1-4H3,(H,21,27)/t16-,17+/m0/s1. The zero-order chi connectivity index (χ0) is 19.7. The predicted molar refractivity (Wildman–Crippen MR) is 104 cm³/mol. The van der Waals surface area contributed by atoms with Crippen molar-refractivity contribution in [2.24, 2.45) is 7.05 Å². The van der Waals surface area contributed by atoms with E-state index < -0.39 is 11.2 Å². The number of aromatic nitrogens is 2. The van der Waals surface area contributed by atoms with Crippen LogP contribution in [0.15, 0.2) is 40.1 Å². The molecular weight excluding hydrogens is 344 g/mol. The van der Waals surface area contributed by atoms with Crippen molar-refractivity contribution in [3.8, 4) is 0 Å². The molecule has 3 rings (SSSR count). The van der Waals surface area contributed by atoms with Gasteiger partial charge >= 0.3 is 5.69 Å². The average molecular weight is 370 g/mol. The van der Waals surface area contributed by atoms with E-state index in [1.54, 1.807) is 0 Å². The van der Waals surface area contributed by atoms with Crippen LogP contribution in [0.1, 0.15) is 22.6 Å². The number of H-pyrrole nitrogens is 1. The number of benzene rings is 1. The second-order valence-electron chi connectivity index (χ2n) is 7.51. The molecule has 0 unspecified atom stereocenters. The van der Waals surface area contributed by atoms with Gasteiger partial charge in [0, 0.05) is 43.9 Å². The van der Waals surface area contributed by atoms with E-state index in [9.17, 15) is 14.4 Å². The third-order valence-electron chi connectivity index (χ3n) is 5.41. The first kappa shape index (κ1) is 19.1. The fraction of sp³-hybridized carbons (Fsp3) is 0.450. The second kappa shape index (κ2) is 7.52. The molecule has 2 heterocycles. The molecule has 1 fully saturated rings. The van der Waals surface area contributed by atoms with Gasteiger partial charge in [0.25, 0.3) is 5.56 Å². The molecule has 27 heavy (non-hydrogen) atoms. The van der Waals surface area contributed by atoms with E-state index in [1.807, 2.05) is 19.0 Å². The van der Waals surface area contributed by atoms with Crippen LogP contribution >= 0.6 is 0 Å². The van der Waals surface area contributed by atoms with Crippen LogP contribution in [-0.2, 0) is 18.3 Å². The molecule has 1 N–H and O–H groups in total. The van der Waals surface area contributed by atoms with Crippen LogP contribution in [0.4, 0.5) is 0 Å². The second-order valence-corrected chi connectivity index (χ2v) is 7.51. The first-order chi connectivity index (χ1) is 12.8. The molecule has 0 bridgehead atoms. The summed E-state index contributed by atoms with van der Waals surface area (Å²) >= 11 is 0. The summed E-state index contributed by atoms with van der Waals surface area (Å²) in [5, 5.41) is 0. The lowest BCUT2D eigenvalue weighted by Crippen LogP contribution is -2.38. The number of hydrogen-bond donors (Lipinski definition) is 1. The van der Waals surface area contributed by atoms with Crippen LogP contribution in [0.3, 0.4) is 0 Å². The Labute approximate surface area is 158 Å². The maximum Gasteiger partial charge on any atom is 0.328 e. The minimum Gasteiger partial charge on any atom is -0.340 e. The van der Waals surface area contributed by atoms with Crippen molar-refractivity contribution in [3.63, 3.8) is 0 Å². The highest BCUT2D eigenvalue weighted by Crippen LogP contribution is 2.30. The summed E-state index contributed by atoms with van der Waals surface area (Å²) < 4.78 is 0.990. The van der Waals surface area contributed by atoms with E-state index in [2.05, 4.69) is 41.1 Å². The number of likely N-dealkylation sites (tertiary alicyclic amines) is 1. The highest BCUT2D eigenvalue weighted by Gasteiger charge is 2.37. The van der Waals surface area contributed by atoms with Gasteiger partial charge in [-0.05, 0) is 26.6 Å². The molecule has 0 saturated carbocycles. The number of rotatable bonds is 4. The molecular formula is C20H26N4O3. The van der Waals surface area contributed by atoms with Gasteiger partial charge < -0.3 is 14.8 Å². The Kier molecular flexibility index (Phi) is 5.32. The van der Waals surface area contributed by atoms with Crippen molar-refractivity contribution in [2.75, 3.05) is 27.2 Å². The zero-order valence-corrected chi connectivity index (χ0v) is 16.2. The molecule has 1 aromatic carbocycles. The Morgan fingerprint density at radius 3 is 2.48 bits per heavy atom. The quantitative estimate of drug-likeness (QED) is 0.849. The van der Waals surface area contributed by atoms with Gasteiger partial charge in [-0.1, -0.05) is 29.8 Å². The summed E-state index contributed by atoms with van der Waals surface area (Å²) in [5.74, 6) is 0.128. The molecule has 1 aliphatic heterocycles. The van der Waals surface area contributed by atoms with Crippen LogP contribution in [0.2, 0.25) is 0 Å². The zero-order valence-electron chi connectivity index (χ0n) is 16.2. The summed E-state index contributed by atoms with van der Waals surface area (Å²) in [4.78, 5) is 43.0. The smallest absolute Gasteiger partial charge is 0.328 e. The van der Waals surface area contributed by atoms with E-state index in [4.69, 9.17) is 0 Å². The van der Waals surface area contributed by atoms with Gasteiger partial charge in [0.1, 0.15) is 0 Å². The Hall–Kier alpha value is -2.67. The summed E-state index contributed by atoms with van der Waals surface area (Å²) in [7, 11) is 5.45. The third-order valence-corrected chi connectivity index (χ3v) is 5.41. The van der Waals surface area contributed by atoms with Gasteiger partial charge in [-0.15, -0.1) is 0 Å². The number of nitrogens with one attached hydrogen (secondary N) is 1. The fourth-order valence-corrected chi connectivity index (χ4v) is 3.67. The van der Waals surface area contributed by atoms with E-state index in [1.165, 1.54) is 24.4 Å². The number of hydrogen-bond acceptors (Lipinski definition) is 4. The number of carbonyl (C=O) groups is 1. The van der Waals surface area contributed by atoms with E-state index in [0.29, 0.717) is 18.7 Å². The van der Waals surface area contributed by atoms with Crippen molar-refractivity contribution in [2.45, 2.75) is 25.3 Å². The molecule has 1 aromatic heterocycles. The van der Waals surface area contributed by atoms with E-state index >= 15 is 0 Å². The molecule has 0 radical (unpaired) electrons. The van der Waals surface area contributed by atoms with Crippen molar-refractivity contribution in [1.82, 2.24) is 19.4 Å². The van der Waals surface area contributed by atoms with Gasteiger partial charge in [0.15, 0.2) is 0 Å². The molecule has 7 heteroatoms. The molecule has 2 aromatic rings. The first-order valence-electron chi connectivity index (χ1n) is 9.06. The number of amides is 1. The normalized spacial score (nSPS) is 19.7. The van der Waals surface area contributed by atoms with E-state index in [0.717, 1.165) is 4.57 Å². The Bertz CT molecular complexity index is 943.